The molecule has 0 aromatic carbocycles. The second-order valence-corrected chi connectivity index (χ2v) is 5.38. The Morgan fingerprint density at radius 2 is 1.25 bits per heavy atom. The molecule has 0 spiro atoms. The molecular weight excluding hydrogens is 346 g/mol. The van der Waals surface area contributed by atoms with Crippen LogP contribution in [-0.2, 0) is 19.2 Å². The van der Waals surface area contributed by atoms with Gasteiger partial charge in [-0.25, -0.2) is 0 Å². The van der Waals surface area contributed by atoms with Crippen molar-refractivity contribution >= 4 is 35.6 Å². The smallest absolute Gasteiger partial charge is 0.321 e. The molecule has 0 rings (SSSR count). The first kappa shape index (κ1) is 27.0. The molecule has 142 valence electrons. The van der Waals surface area contributed by atoms with Crippen LogP contribution in [0.5, 0.6) is 0 Å². The number of thioether (sulfide) groups is 1. The van der Waals surface area contributed by atoms with Crippen LogP contribution in [0.3, 0.4) is 0 Å². The monoisotopic (exact) mass is 371 g/mol. The maximum absolute atomic E-state index is 10.1. The van der Waals surface area contributed by atoms with Gasteiger partial charge in [-0.3, -0.25) is 19.2 Å². The van der Waals surface area contributed by atoms with Gasteiger partial charge in [-0.2, -0.15) is 11.8 Å². The van der Waals surface area contributed by atoms with Crippen molar-refractivity contribution in [2.75, 3.05) is 12.0 Å². The number of carboxylic acids is 4. The minimum absolute atomic E-state index is 0.532. The van der Waals surface area contributed by atoms with E-state index in [-0.39, 0.29) is 0 Å². The third-order valence-electron chi connectivity index (χ3n) is 2.05. The molecule has 0 radical (unpaired) electrons. The van der Waals surface area contributed by atoms with Crippen molar-refractivity contribution in [2.45, 2.75) is 37.9 Å². The zero-order chi connectivity index (χ0) is 19.9. The van der Waals surface area contributed by atoms with E-state index in [0.717, 1.165) is 5.75 Å². The van der Waals surface area contributed by atoms with E-state index in [9.17, 15) is 19.2 Å². The first-order valence-corrected chi connectivity index (χ1v) is 7.92. The van der Waals surface area contributed by atoms with Gasteiger partial charge in [0.2, 0.25) is 0 Å². The average Bonchev–Trinajstić information content (AvgIpc) is 2.44. The predicted molar refractivity (Wildman–Crippen MR) is 87.8 cm³/mol. The molecule has 3 unspecified atom stereocenters. The molecular formula is C12H25N3O8S. The molecule has 0 aromatic heterocycles. The highest BCUT2D eigenvalue weighted by molar-refractivity contribution is 7.98. The molecule has 0 aromatic rings. The van der Waals surface area contributed by atoms with Gasteiger partial charge in [0.05, 0.1) is 6.42 Å². The Morgan fingerprint density at radius 3 is 1.42 bits per heavy atom. The Morgan fingerprint density at radius 1 is 0.875 bits per heavy atom. The number of rotatable bonds is 8. The molecule has 0 saturated carbocycles. The molecule has 0 heterocycles. The molecule has 11 nitrogen and oxygen atoms in total. The molecule has 0 aliphatic carbocycles. The molecule has 0 amide bonds. The van der Waals surface area contributed by atoms with Crippen molar-refractivity contribution in [3.8, 4) is 0 Å². The molecule has 0 aliphatic rings. The van der Waals surface area contributed by atoms with Crippen molar-refractivity contribution in [1.82, 2.24) is 0 Å². The number of carbonyl (C=O) groups is 4. The molecule has 0 bridgehead atoms. The molecule has 0 saturated heterocycles. The summed E-state index contributed by atoms with van der Waals surface area (Å²) < 4.78 is 0. The lowest BCUT2D eigenvalue weighted by Crippen LogP contribution is -2.32. The summed E-state index contributed by atoms with van der Waals surface area (Å²) in [6.45, 7) is 1.42. The quantitative estimate of drug-likeness (QED) is 0.257. The summed E-state index contributed by atoms with van der Waals surface area (Å²) in [5.74, 6) is -3.56. The van der Waals surface area contributed by atoms with Crippen molar-refractivity contribution in [3.63, 3.8) is 0 Å². The second kappa shape index (κ2) is 16.0. The van der Waals surface area contributed by atoms with E-state index in [1.807, 2.05) is 6.26 Å². The normalized spacial score (nSPS) is 13.0. The van der Waals surface area contributed by atoms with Gasteiger partial charge >= 0.3 is 23.9 Å². The fourth-order valence-electron chi connectivity index (χ4n) is 0.644. The third kappa shape index (κ3) is 22.4. The van der Waals surface area contributed by atoms with E-state index in [1.54, 1.807) is 11.8 Å². The van der Waals surface area contributed by atoms with Crippen LogP contribution in [0.4, 0.5) is 0 Å². The van der Waals surface area contributed by atoms with Gasteiger partial charge in [0.25, 0.3) is 0 Å². The van der Waals surface area contributed by atoms with Crippen LogP contribution in [0.1, 0.15) is 19.8 Å². The number of carboxylic acid groups (broad SMARTS) is 4. The third-order valence-corrected chi connectivity index (χ3v) is 2.70. The topological polar surface area (TPSA) is 227 Å². The van der Waals surface area contributed by atoms with E-state index < -0.39 is 48.4 Å². The van der Waals surface area contributed by atoms with Gasteiger partial charge in [0.1, 0.15) is 18.1 Å². The Labute approximate surface area is 143 Å². The van der Waals surface area contributed by atoms with Gasteiger partial charge in [-0.15, -0.1) is 0 Å². The zero-order valence-electron chi connectivity index (χ0n) is 13.4. The van der Waals surface area contributed by atoms with E-state index in [4.69, 9.17) is 37.6 Å². The summed E-state index contributed by atoms with van der Waals surface area (Å²) >= 11 is 1.60. The lowest BCUT2D eigenvalue weighted by atomic mass is 10.2. The highest BCUT2D eigenvalue weighted by Crippen LogP contribution is 1.97. The van der Waals surface area contributed by atoms with Crippen molar-refractivity contribution in [1.29, 1.82) is 0 Å². The van der Waals surface area contributed by atoms with Gasteiger partial charge in [0, 0.05) is 0 Å². The van der Waals surface area contributed by atoms with E-state index in [2.05, 4.69) is 0 Å². The summed E-state index contributed by atoms with van der Waals surface area (Å²) in [6.07, 6.45) is 1.94. The molecule has 12 heteroatoms. The summed E-state index contributed by atoms with van der Waals surface area (Å²) in [6, 6.07) is -2.70. The van der Waals surface area contributed by atoms with Crippen LogP contribution < -0.4 is 17.2 Å². The lowest BCUT2D eigenvalue weighted by Gasteiger charge is -2.02. The van der Waals surface area contributed by atoms with Crippen LogP contribution in [0, 0.1) is 0 Å². The van der Waals surface area contributed by atoms with Crippen LogP contribution in [0.15, 0.2) is 0 Å². The van der Waals surface area contributed by atoms with Crippen molar-refractivity contribution < 1.29 is 39.6 Å². The number of nitrogens with two attached hydrogens (primary N) is 3. The highest BCUT2D eigenvalue weighted by atomic mass is 32.2. The van der Waals surface area contributed by atoms with Crippen LogP contribution in [0.2, 0.25) is 0 Å². The Bertz CT molecular complexity index is 406. The molecule has 3 atom stereocenters. The van der Waals surface area contributed by atoms with Crippen molar-refractivity contribution in [2.24, 2.45) is 17.2 Å². The Balaban J connectivity index is -0.000000282. The summed E-state index contributed by atoms with van der Waals surface area (Å²) in [7, 11) is 0. The first-order chi connectivity index (χ1) is 10.9. The molecule has 10 N–H and O–H groups in total. The highest BCUT2D eigenvalue weighted by Gasteiger charge is 2.14. The minimum atomic E-state index is -1.29. The average molecular weight is 371 g/mol. The van der Waals surface area contributed by atoms with Crippen LogP contribution in [-0.4, -0.2) is 74.4 Å². The SMILES string of the molecule is CC(N)C(=O)O.CSCCC(N)C(=O)O.NC(CC(=O)O)C(=O)O. The van der Waals surface area contributed by atoms with Crippen LogP contribution >= 0.6 is 11.8 Å². The maximum Gasteiger partial charge on any atom is 0.321 e. The zero-order valence-corrected chi connectivity index (χ0v) is 14.2. The van der Waals surface area contributed by atoms with E-state index in [0.29, 0.717) is 6.42 Å². The Kier molecular flexibility index (Phi) is 18.0. The molecule has 0 aliphatic heterocycles. The van der Waals surface area contributed by atoms with Gasteiger partial charge < -0.3 is 37.6 Å². The van der Waals surface area contributed by atoms with Gasteiger partial charge in [0.15, 0.2) is 0 Å². The number of aliphatic carboxylic acids is 4. The largest absolute Gasteiger partial charge is 0.481 e. The first-order valence-electron chi connectivity index (χ1n) is 6.52. The number of hydrogen-bond donors (Lipinski definition) is 7. The Hall–Kier alpha value is -1.89. The second-order valence-electron chi connectivity index (χ2n) is 4.40. The summed E-state index contributed by atoms with van der Waals surface area (Å²) in [5.41, 5.74) is 14.9. The predicted octanol–water partition coefficient (Wildman–Crippen LogP) is -1.56. The van der Waals surface area contributed by atoms with Gasteiger partial charge in [-0.1, -0.05) is 0 Å². The minimum Gasteiger partial charge on any atom is -0.481 e. The van der Waals surface area contributed by atoms with Crippen LogP contribution in [0.25, 0.3) is 0 Å². The molecule has 24 heavy (non-hydrogen) atoms. The molecule has 0 fully saturated rings. The maximum atomic E-state index is 10.1. The van der Waals surface area contributed by atoms with Gasteiger partial charge in [-0.05, 0) is 25.4 Å². The fraction of sp³-hybridized carbons (Fsp3) is 0.667. The summed E-state index contributed by atoms with van der Waals surface area (Å²) in [5, 5.41) is 32.2. The van der Waals surface area contributed by atoms with E-state index >= 15 is 0 Å². The van der Waals surface area contributed by atoms with E-state index in [1.165, 1.54) is 6.92 Å². The summed E-state index contributed by atoms with van der Waals surface area (Å²) in [4.78, 5) is 39.3. The van der Waals surface area contributed by atoms with Crippen molar-refractivity contribution in [3.05, 3.63) is 0 Å². The number of hydrogen-bond acceptors (Lipinski definition) is 8. The fourth-order valence-corrected chi connectivity index (χ4v) is 1.13. The lowest BCUT2D eigenvalue weighted by molar-refractivity contribution is -0.144. The standard InChI is InChI=1S/C5H11NO2S.C4H7NO4.C3H7NO2/c1-9-3-2-4(6)5(7)8;5-2(4(8)9)1-3(6)7;1-2(4)3(5)6/h4H,2-3,6H2,1H3,(H,7,8);2H,1,5H2,(H,6,7)(H,8,9);2H,4H2,1H3,(H,5,6).